The van der Waals surface area contributed by atoms with Crippen LogP contribution in [-0.2, 0) is 10.8 Å². The zero-order chi connectivity index (χ0) is 20.5. The average Bonchev–Trinajstić information content (AvgIpc) is 2.63. The zero-order valence-corrected chi connectivity index (χ0v) is 18.7. The Hall–Kier alpha value is -2.11. The zero-order valence-electron chi connectivity index (χ0n) is 17.8. The molecule has 0 unspecified atom stereocenters. The van der Waals surface area contributed by atoms with E-state index in [-0.39, 0.29) is 10.8 Å². The fourth-order valence-corrected chi connectivity index (χ4v) is 5.51. The van der Waals surface area contributed by atoms with E-state index in [2.05, 4.69) is 102 Å². The Morgan fingerprint density at radius 2 is 0.786 bits per heavy atom. The van der Waals surface area contributed by atoms with Crippen molar-refractivity contribution in [2.24, 2.45) is 0 Å². The van der Waals surface area contributed by atoms with E-state index in [0.29, 0.717) is 5.75 Å². The van der Waals surface area contributed by atoms with E-state index in [1.807, 2.05) is 0 Å². The second kappa shape index (κ2) is 7.72. The summed E-state index contributed by atoms with van der Waals surface area (Å²) in [5, 5.41) is 13.6. The summed E-state index contributed by atoms with van der Waals surface area (Å²) in [5.41, 5.74) is 2.99. The van der Waals surface area contributed by atoms with Crippen molar-refractivity contribution in [1.29, 1.82) is 0 Å². The van der Waals surface area contributed by atoms with Gasteiger partial charge < -0.3 is 5.11 Å². The third kappa shape index (κ3) is 4.65. The first-order valence-corrected chi connectivity index (χ1v) is 11.2. The Morgan fingerprint density at radius 1 is 0.500 bits per heavy atom. The molecule has 0 bridgehead atoms. The normalized spacial score (nSPS) is 12.4. The van der Waals surface area contributed by atoms with E-state index in [4.69, 9.17) is 0 Å². The SMILES string of the molecule is CC(C)(C)c1ccc(P(c2ccc(O)cc2)c2ccc(C(C)(C)C)cc2)cc1. The van der Waals surface area contributed by atoms with Gasteiger partial charge in [-0.05, 0) is 57.9 Å². The molecule has 3 aromatic rings. The minimum atomic E-state index is -0.666. The highest BCUT2D eigenvalue weighted by molar-refractivity contribution is 7.79. The predicted octanol–water partition coefficient (Wildman–Crippen LogP) is 5.75. The van der Waals surface area contributed by atoms with Crippen molar-refractivity contribution in [1.82, 2.24) is 0 Å². The van der Waals surface area contributed by atoms with Gasteiger partial charge in [0.1, 0.15) is 5.75 Å². The molecule has 0 saturated carbocycles. The molecule has 2 heteroatoms. The third-order valence-electron chi connectivity index (χ3n) is 5.09. The maximum absolute atomic E-state index is 9.74. The summed E-state index contributed by atoms with van der Waals surface area (Å²) in [7, 11) is -0.666. The highest BCUT2D eigenvalue weighted by Gasteiger charge is 2.20. The van der Waals surface area contributed by atoms with Gasteiger partial charge in [-0.2, -0.15) is 0 Å². The fourth-order valence-electron chi connectivity index (χ4n) is 3.27. The van der Waals surface area contributed by atoms with Gasteiger partial charge in [-0.15, -0.1) is 0 Å². The minimum Gasteiger partial charge on any atom is -0.508 e. The molecule has 0 saturated heterocycles. The molecule has 0 fully saturated rings. The van der Waals surface area contributed by atoms with Crippen LogP contribution in [0.3, 0.4) is 0 Å². The van der Waals surface area contributed by atoms with E-state index in [0.717, 1.165) is 0 Å². The lowest BCUT2D eigenvalue weighted by atomic mass is 9.87. The second-order valence-electron chi connectivity index (χ2n) is 9.45. The summed E-state index contributed by atoms with van der Waals surface area (Å²) in [4.78, 5) is 0. The third-order valence-corrected chi connectivity index (χ3v) is 7.53. The number of phenolic OH excluding ortho intramolecular Hbond substituents is 1. The molecular formula is C26H31OP. The maximum Gasteiger partial charge on any atom is 0.115 e. The number of hydrogen-bond donors (Lipinski definition) is 1. The summed E-state index contributed by atoms with van der Waals surface area (Å²) >= 11 is 0. The van der Waals surface area contributed by atoms with Crippen LogP contribution in [0.4, 0.5) is 0 Å². The van der Waals surface area contributed by atoms with Crippen LogP contribution in [0.25, 0.3) is 0 Å². The molecule has 3 aromatic carbocycles. The van der Waals surface area contributed by atoms with Gasteiger partial charge in [0.2, 0.25) is 0 Å². The van der Waals surface area contributed by atoms with Gasteiger partial charge in [0, 0.05) is 0 Å². The second-order valence-corrected chi connectivity index (χ2v) is 11.7. The van der Waals surface area contributed by atoms with Crippen LogP contribution in [0.2, 0.25) is 0 Å². The van der Waals surface area contributed by atoms with Crippen LogP contribution in [0, 0.1) is 0 Å². The Kier molecular flexibility index (Phi) is 5.69. The summed E-state index contributed by atoms with van der Waals surface area (Å²) in [6, 6.07) is 25.8. The van der Waals surface area contributed by atoms with Crippen LogP contribution >= 0.6 is 7.92 Å². The largest absolute Gasteiger partial charge is 0.508 e. The Balaban J connectivity index is 2.06. The van der Waals surface area contributed by atoms with Gasteiger partial charge in [0.15, 0.2) is 0 Å². The predicted molar refractivity (Wildman–Crippen MR) is 124 cm³/mol. The molecule has 0 radical (unpaired) electrons. The van der Waals surface area contributed by atoms with Gasteiger partial charge in [-0.3, -0.25) is 0 Å². The number of hydrogen-bond acceptors (Lipinski definition) is 1. The summed E-state index contributed by atoms with van der Waals surface area (Å²) in [6.45, 7) is 13.5. The molecule has 1 nitrogen and oxygen atoms in total. The summed E-state index contributed by atoms with van der Waals surface area (Å²) < 4.78 is 0. The molecule has 0 atom stereocenters. The first kappa shape index (κ1) is 20.6. The van der Waals surface area contributed by atoms with Gasteiger partial charge in [0.05, 0.1) is 0 Å². The molecule has 146 valence electrons. The van der Waals surface area contributed by atoms with Crippen molar-refractivity contribution in [2.75, 3.05) is 0 Å². The molecule has 0 spiro atoms. The minimum absolute atomic E-state index is 0.147. The van der Waals surface area contributed by atoms with E-state index in [9.17, 15) is 5.11 Å². The van der Waals surface area contributed by atoms with Crippen LogP contribution in [0.5, 0.6) is 5.75 Å². The molecule has 0 amide bonds. The van der Waals surface area contributed by atoms with E-state index in [1.165, 1.54) is 27.0 Å². The van der Waals surface area contributed by atoms with Crippen LogP contribution in [0.15, 0.2) is 72.8 Å². The first-order valence-electron chi connectivity index (χ1n) is 9.86. The number of benzene rings is 3. The van der Waals surface area contributed by atoms with Gasteiger partial charge in [-0.25, -0.2) is 0 Å². The van der Waals surface area contributed by atoms with Crippen molar-refractivity contribution in [3.63, 3.8) is 0 Å². The molecule has 0 aromatic heterocycles. The Morgan fingerprint density at radius 3 is 1.07 bits per heavy atom. The number of rotatable bonds is 3. The summed E-state index contributed by atoms with van der Waals surface area (Å²) in [6.07, 6.45) is 0. The van der Waals surface area contributed by atoms with Crippen molar-refractivity contribution >= 4 is 23.8 Å². The average molecular weight is 391 g/mol. The molecule has 0 aliphatic rings. The fraction of sp³-hybridized carbons (Fsp3) is 0.308. The van der Waals surface area contributed by atoms with E-state index < -0.39 is 7.92 Å². The van der Waals surface area contributed by atoms with Gasteiger partial charge in [-0.1, -0.05) is 102 Å². The highest BCUT2D eigenvalue weighted by Crippen LogP contribution is 2.35. The number of phenols is 1. The molecule has 0 aliphatic heterocycles. The lowest BCUT2D eigenvalue weighted by Crippen LogP contribution is -2.22. The van der Waals surface area contributed by atoms with E-state index in [1.54, 1.807) is 12.1 Å². The van der Waals surface area contributed by atoms with E-state index >= 15 is 0 Å². The van der Waals surface area contributed by atoms with Crippen LogP contribution in [-0.4, -0.2) is 5.11 Å². The van der Waals surface area contributed by atoms with Crippen LogP contribution < -0.4 is 15.9 Å². The molecule has 0 heterocycles. The monoisotopic (exact) mass is 390 g/mol. The summed E-state index contributed by atoms with van der Waals surface area (Å²) in [5.74, 6) is 0.310. The Labute approximate surface area is 171 Å². The van der Waals surface area contributed by atoms with Crippen molar-refractivity contribution in [3.8, 4) is 5.75 Å². The first-order chi connectivity index (χ1) is 13.1. The molecule has 1 N–H and O–H groups in total. The standard InChI is InChI=1S/C26H31OP/c1-25(2,3)19-7-13-22(14-8-19)28(24-17-11-21(27)12-18-24)23-15-9-20(10-16-23)26(4,5)6/h7-18,27H,1-6H3. The quantitative estimate of drug-likeness (QED) is 0.565. The lowest BCUT2D eigenvalue weighted by molar-refractivity contribution is 0.475. The molecule has 3 rings (SSSR count). The van der Waals surface area contributed by atoms with Crippen LogP contribution in [0.1, 0.15) is 52.7 Å². The topological polar surface area (TPSA) is 20.2 Å². The number of aromatic hydroxyl groups is 1. The van der Waals surface area contributed by atoms with Crippen molar-refractivity contribution in [2.45, 2.75) is 52.4 Å². The highest BCUT2D eigenvalue weighted by atomic mass is 31.1. The molecular weight excluding hydrogens is 359 g/mol. The molecule has 28 heavy (non-hydrogen) atoms. The van der Waals surface area contributed by atoms with Crippen molar-refractivity contribution in [3.05, 3.63) is 83.9 Å². The van der Waals surface area contributed by atoms with Gasteiger partial charge in [0.25, 0.3) is 0 Å². The van der Waals surface area contributed by atoms with Crippen molar-refractivity contribution < 1.29 is 5.11 Å². The van der Waals surface area contributed by atoms with Gasteiger partial charge >= 0.3 is 0 Å². The smallest absolute Gasteiger partial charge is 0.115 e. The molecule has 0 aliphatic carbocycles. The lowest BCUT2D eigenvalue weighted by Gasteiger charge is -2.24. The maximum atomic E-state index is 9.74. The Bertz CT molecular complexity index is 851.